The summed E-state index contributed by atoms with van der Waals surface area (Å²) < 4.78 is 0. The number of nitrogens with zero attached hydrogens (tertiary/aromatic N) is 1. The minimum absolute atomic E-state index is 0.161. The third kappa shape index (κ3) is 4.81. The molecule has 0 amide bonds. The van der Waals surface area contributed by atoms with Crippen molar-refractivity contribution in [3.8, 4) is 0 Å². The number of rotatable bonds is 8. The van der Waals surface area contributed by atoms with Crippen molar-refractivity contribution >= 4 is 5.69 Å². The summed E-state index contributed by atoms with van der Waals surface area (Å²) in [7, 11) is 0. The zero-order chi connectivity index (χ0) is 13.4. The van der Waals surface area contributed by atoms with Crippen molar-refractivity contribution in [3.05, 3.63) is 39.9 Å². The highest BCUT2D eigenvalue weighted by Gasteiger charge is 2.11. The molecular weight excluding hydrogens is 232 g/mol. The molecule has 0 fully saturated rings. The smallest absolute Gasteiger partial charge is 0.272 e. The van der Waals surface area contributed by atoms with Crippen molar-refractivity contribution < 1.29 is 10.0 Å². The molecule has 2 N–H and O–H groups in total. The van der Waals surface area contributed by atoms with E-state index in [1.54, 1.807) is 18.2 Å². The van der Waals surface area contributed by atoms with Gasteiger partial charge < -0.3 is 10.4 Å². The van der Waals surface area contributed by atoms with Crippen LogP contribution in [-0.2, 0) is 6.42 Å². The van der Waals surface area contributed by atoms with Gasteiger partial charge in [-0.15, -0.1) is 0 Å². The van der Waals surface area contributed by atoms with Crippen LogP contribution < -0.4 is 5.32 Å². The Morgan fingerprint density at radius 3 is 2.83 bits per heavy atom. The molecular formula is C13H20N2O3. The van der Waals surface area contributed by atoms with Crippen molar-refractivity contribution in [1.29, 1.82) is 0 Å². The van der Waals surface area contributed by atoms with Crippen LogP contribution in [0.25, 0.3) is 0 Å². The molecule has 5 heteroatoms. The molecule has 0 bridgehead atoms. The molecule has 0 aliphatic carbocycles. The summed E-state index contributed by atoms with van der Waals surface area (Å²) in [5.41, 5.74) is 0.883. The van der Waals surface area contributed by atoms with Gasteiger partial charge >= 0.3 is 0 Å². The van der Waals surface area contributed by atoms with Crippen LogP contribution in [0.1, 0.15) is 25.3 Å². The Labute approximate surface area is 107 Å². The monoisotopic (exact) mass is 252 g/mol. The van der Waals surface area contributed by atoms with Crippen LogP contribution in [0.3, 0.4) is 0 Å². The van der Waals surface area contributed by atoms with E-state index in [4.69, 9.17) is 0 Å². The van der Waals surface area contributed by atoms with E-state index in [2.05, 4.69) is 5.32 Å². The maximum absolute atomic E-state index is 10.8. The van der Waals surface area contributed by atoms with Gasteiger partial charge in [0, 0.05) is 18.2 Å². The lowest BCUT2D eigenvalue weighted by Crippen LogP contribution is -2.28. The van der Waals surface area contributed by atoms with E-state index in [0.717, 1.165) is 18.4 Å². The van der Waals surface area contributed by atoms with Gasteiger partial charge in [-0.25, -0.2) is 0 Å². The van der Waals surface area contributed by atoms with E-state index in [0.29, 0.717) is 19.5 Å². The van der Waals surface area contributed by atoms with Crippen molar-refractivity contribution in [2.45, 2.75) is 32.3 Å². The number of para-hydroxylation sites is 1. The van der Waals surface area contributed by atoms with Crippen LogP contribution in [0.5, 0.6) is 0 Å². The number of nitro benzene ring substituents is 1. The van der Waals surface area contributed by atoms with Gasteiger partial charge in [0.1, 0.15) is 0 Å². The van der Waals surface area contributed by atoms with Crippen LogP contribution in [0, 0.1) is 10.1 Å². The SMILES string of the molecule is CCCC(O)CNCCc1ccccc1[N+](=O)[O-]. The summed E-state index contributed by atoms with van der Waals surface area (Å²) in [6.07, 6.45) is 1.99. The van der Waals surface area contributed by atoms with Gasteiger partial charge in [0.05, 0.1) is 11.0 Å². The van der Waals surface area contributed by atoms with Gasteiger partial charge in [-0.1, -0.05) is 31.5 Å². The summed E-state index contributed by atoms with van der Waals surface area (Å²) in [6.45, 7) is 3.19. The van der Waals surface area contributed by atoms with Gasteiger partial charge in [0.2, 0.25) is 0 Å². The lowest BCUT2D eigenvalue weighted by atomic mass is 10.1. The van der Waals surface area contributed by atoms with Gasteiger partial charge in [-0.05, 0) is 19.4 Å². The number of nitro groups is 1. The number of hydrogen-bond acceptors (Lipinski definition) is 4. The minimum Gasteiger partial charge on any atom is -0.392 e. The van der Waals surface area contributed by atoms with Crippen LogP contribution in [-0.4, -0.2) is 29.2 Å². The van der Waals surface area contributed by atoms with Crippen molar-refractivity contribution in [2.75, 3.05) is 13.1 Å². The highest BCUT2D eigenvalue weighted by atomic mass is 16.6. The van der Waals surface area contributed by atoms with Crippen LogP contribution >= 0.6 is 0 Å². The molecule has 1 unspecified atom stereocenters. The van der Waals surface area contributed by atoms with Crippen LogP contribution in [0.15, 0.2) is 24.3 Å². The normalized spacial score (nSPS) is 12.3. The molecule has 0 aliphatic heterocycles. The first-order valence-corrected chi connectivity index (χ1v) is 6.26. The first-order valence-electron chi connectivity index (χ1n) is 6.26. The number of hydrogen-bond donors (Lipinski definition) is 2. The fourth-order valence-corrected chi connectivity index (χ4v) is 1.83. The Morgan fingerprint density at radius 2 is 2.17 bits per heavy atom. The fraction of sp³-hybridized carbons (Fsp3) is 0.538. The molecule has 1 atom stereocenters. The summed E-state index contributed by atoms with van der Waals surface area (Å²) >= 11 is 0. The Morgan fingerprint density at radius 1 is 1.44 bits per heavy atom. The standard InChI is InChI=1S/C13H20N2O3/c1-2-5-12(16)10-14-9-8-11-6-3-4-7-13(11)15(17)18/h3-4,6-7,12,14,16H,2,5,8-10H2,1H3. The molecule has 18 heavy (non-hydrogen) atoms. The molecule has 0 saturated carbocycles. The van der Waals surface area contributed by atoms with Crippen molar-refractivity contribution in [2.24, 2.45) is 0 Å². The third-order valence-corrected chi connectivity index (χ3v) is 2.76. The lowest BCUT2D eigenvalue weighted by Gasteiger charge is -2.10. The summed E-state index contributed by atoms with van der Waals surface area (Å²) in [5, 5.41) is 23.4. The Balaban J connectivity index is 2.37. The van der Waals surface area contributed by atoms with Gasteiger partial charge in [-0.2, -0.15) is 0 Å². The molecule has 1 aromatic carbocycles. The quantitative estimate of drug-likeness (QED) is 0.421. The largest absolute Gasteiger partial charge is 0.392 e. The number of benzene rings is 1. The molecule has 0 radical (unpaired) electrons. The minimum atomic E-state index is -0.360. The fourth-order valence-electron chi connectivity index (χ4n) is 1.83. The van der Waals surface area contributed by atoms with E-state index in [-0.39, 0.29) is 16.7 Å². The highest BCUT2D eigenvalue weighted by Crippen LogP contribution is 2.17. The van der Waals surface area contributed by atoms with Crippen LogP contribution in [0.4, 0.5) is 5.69 Å². The van der Waals surface area contributed by atoms with Gasteiger partial charge in [0.25, 0.3) is 5.69 Å². The second-order valence-electron chi connectivity index (χ2n) is 4.28. The van der Waals surface area contributed by atoms with E-state index < -0.39 is 0 Å². The van der Waals surface area contributed by atoms with E-state index in [9.17, 15) is 15.2 Å². The Kier molecular flexibility index (Phi) is 6.32. The third-order valence-electron chi connectivity index (χ3n) is 2.76. The highest BCUT2D eigenvalue weighted by molar-refractivity contribution is 5.39. The lowest BCUT2D eigenvalue weighted by molar-refractivity contribution is -0.385. The zero-order valence-corrected chi connectivity index (χ0v) is 10.6. The summed E-state index contributed by atoms with van der Waals surface area (Å²) in [4.78, 5) is 10.4. The number of nitrogens with one attached hydrogen (secondary N) is 1. The number of aliphatic hydroxyl groups excluding tert-OH is 1. The average molecular weight is 252 g/mol. The second kappa shape index (κ2) is 7.79. The maximum Gasteiger partial charge on any atom is 0.272 e. The predicted octanol–water partition coefficient (Wildman–Crippen LogP) is 1.89. The maximum atomic E-state index is 10.8. The van der Waals surface area contributed by atoms with Crippen LogP contribution in [0.2, 0.25) is 0 Å². The van der Waals surface area contributed by atoms with Gasteiger partial charge in [-0.3, -0.25) is 10.1 Å². The molecule has 0 spiro atoms. The Hall–Kier alpha value is -1.46. The molecule has 0 aromatic heterocycles. The molecule has 1 aromatic rings. The van der Waals surface area contributed by atoms with Gasteiger partial charge in [0.15, 0.2) is 0 Å². The molecule has 0 saturated heterocycles. The van der Waals surface area contributed by atoms with E-state index >= 15 is 0 Å². The molecule has 5 nitrogen and oxygen atoms in total. The second-order valence-corrected chi connectivity index (χ2v) is 4.28. The Bertz CT molecular complexity index is 382. The predicted molar refractivity (Wildman–Crippen MR) is 70.6 cm³/mol. The number of aliphatic hydroxyl groups is 1. The molecule has 0 heterocycles. The topological polar surface area (TPSA) is 75.4 Å². The average Bonchev–Trinajstić information content (AvgIpc) is 2.35. The molecule has 0 aliphatic rings. The molecule has 100 valence electrons. The van der Waals surface area contributed by atoms with E-state index in [1.165, 1.54) is 6.07 Å². The summed E-state index contributed by atoms with van der Waals surface area (Å²) in [6, 6.07) is 6.75. The van der Waals surface area contributed by atoms with E-state index in [1.807, 2.05) is 6.92 Å². The first-order chi connectivity index (χ1) is 8.65. The molecule has 1 rings (SSSR count). The zero-order valence-electron chi connectivity index (χ0n) is 10.6. The van der Waals surface area contributed by atoms with Crippen molar-refractivity contribution in [3.63, 3.8) is 0 Å². The van der Waals surface area contributed by atoms with Crippen molar-refractivity contribution in [1.82, 2.24) is 5.32 Å². The summed E-state index contributed by atoms with van der Waals surface area (Å²) in [5.74, 6) is 0. The first kappa shape index (κ1) is 14.6.